The summed E-state index contributed by atoms with van der Waals surface area (Å²) >= 11 is 9.93. The zero-order valence-electron chi connectivity index (χ0n) is 12.7. The van der Waals surface area contributed by atoms with E-state index in [1.807, 2.05) is 13.0 Å². The molecule has 2 unspecified atom stereocenters. The van der Waals surface area contributed by atoms with Crippen LogP contribution in [0.3, 0.4) is 0 Å². The van der Waals surface area contributed by atoms with E-state index in [0.717, 1.165) is 33.8 Å². The number of anilines is 1. The summed E-state index contributed by atoms with van der Waals surface area (Å²) in [5.74, 6) is 0. The van der Waals surface area contributed by atoms with Gasteiger partial charge in [0.1, 0.15) is 0 Å². The van der Waals surface area contributed by atoms with Crippen molar-refractivity contribution in [1.82, 2.24) is 0 Å². The van der Waals surface area contributed by atoms with Crippen molar-refractivity contribution >= 4 is 33.2 Å². The summed E-state index contributed by atoms with van der Waals surface area (Å²) in [5, 5.41) is 4.55. The molecule has 1 N–H and O–H groups in total. The summed E-state index contributed by atoms with van der Waals surface area (Å²) in [5.41, 5.74) is 2.55. The Hall–Kier alpha value is -0.250. The van der Waals surface area contributed by atoms with Crippen LogP contribution in [0.15, 0.2) is 16.6 Å². The molecular weight excluding hydrogens is 350 g/mol. The van der Waals surface area contributed by atoms with Crippen molar-refractivity contribution < 1.29 is 4.74 Å². The Kier molecular flexibility index (Phi) is 4.54. The maximum atomic E-state index is 6.27. The fraction of sp³-hybridized carbons (Fsp3) is 0.647. The van der Waals surface area contributed by atoms with Crippen molar-refractivity contribution in [3.05, 3.63) is 27.2 Å². The Morgan fingerprint density at radius 2 is 2.10 bits per heavy atom. The van der Waals surface area contributed by atoms with Crippen molar-refractivity contribution in [1.29, 1.82) is 0 Å². The van der Waals surface area contributed by atoms with E-state index in [1.54, 1.807) is 0 Å². The van der Waals surface area contributed by atoms with E-state index in [4.69, 9.17) is 16.3 Å². The first-order valence-corrected chi connectivity index (χ1v) is 9.07. The molecule has 0 radical (unpaired) electrons. The van der Waals surface area contributed by atoms with E-state index < -0.39 is 0 Å². The summed E-state index contributed by atoms with van der Waals surface area (Å²) in [6.45, 7) is 4.95. The third-order valence-electron chi connectivity index (χ3n) is 5.27. The first kappa shape index (κ1) is 15.6. The van der Waals surface area contributed by atoms with Gasteiger partial charge in [0, 0.05) is 27.6 Å². The van der Waals surface area contributed by atoms with Crippen LogP contribution < -0.4 is 5.32 Å². The molecule has 2 saturated carbocycles. The molecule has 2 fully saturated rings. The van der Waals surface area contributed by atoms with E-state index in [1.165, 1.54) is 25.7 Å². The molecule has 1 aromatic rings. The van der Waals surface area contributed by atoms with Gasteiger partial charge in [0.2, 0.25) is 0 Å². The van der Waals surface area contributed by atoms with Crippen molar-refractivity contribution in [2.24, 2.45) is 5.41 Å². The van der Waals surface area contributed by atoms with Gasteiger partial charge in [0.15, 0.2) is 0 Å². The molecule has 0 saturated heterocycles. The van der Waals surface area contributed by atoms with Crippen LogP contribution in [0, 0.1) is 12.3 Å². The molecule has 1 spiro atoms. The minimum atomic E-state index is 0.340. The minimum Gasteiger partial charge on any atom is -0.381 e. The van der Waals surface area contributed by atoms with Crippen LogP contribution in [0.2, 0.25) is 5.02 Å². The Bertz CT molecular complexity index is 528. The topological polar surface area (TPSA) is 21.3 Å². The molecule has 2 atom stereocenters. The van der Waals surface area contributed by atoms with E-state index in [9.17, 15) is 0 Å². The summed E-state index contributed by atoms with van der Waals surface area (Å²) in [4.78, 5) is 0. The molecule has 0 aliphatic heterocycles. The highest BCUT2D eigenvalue weighted by Gasteiger charge is 2.56. The van der Waals surface area contributed by atoms with Crippen molar-refractivity contribution in [2.45, 2.75) is 58.1 Å². The van der Waals surface area contributed by atoms with Gasteiger partial charge in [-0.15, -0.1) is 0 Å². The van der Waals surface area contributed by atoms with Gasteiger partial charge in [-0.1, -0.05) is 24.4 Å². The lowest BCUT2D eigenvalue weighted by Gasteiger charge is -2.54. The number of rotatable bonds is 4. The Labute approximate surface area is 140 Å². The van der Waals surface area contributed by atoms with Crippen LogP contribution in [-0.2, 0) is 4.74 Å². The number of halogens is 2. The van der Waals surface area contributed by atoms with Gasteiger partial charge >= 0.3 is 0 Å². The van der Waals surface area contributed by atoms with Crippen LogP contribution >= 0.6 is 27.5 Å². The zero-order chi connectivity index (χ0) is 15.0. The molecule has 2 aliphatic rings. The highest BCUT2D eigenvalue weighted by Crippen LogP contribution is 2.56. The van der Waals surface area contributed by atoms with Crippen LogP contribution in [0.4, 0.5) is 5.69 Å². The maximum absolute atomic E-state index is 6.27. The fourth-order valence-electron chi connectivity index (χ4n) is 4.03. The molecule has 0 aromatic heterocycles. The second-order valence-electron chi connectivity index (χ2n) is 6.40. The largest absolute Gasteiger partial charge is 0.381 e. The zero-order valence-corrected chi connectivity index (χ0v) is 15.1. The fourth-order valence-corrected chi connectivity index (χ4v) is 4.77. The summed E-state index contributed by atoms with van der Waals surface area (Å²) < 4.78 is 7.07. The second-order valence-corrected chi connectivity index (χ2v) is 7.66. The van der Waals surface area contributed by atoms with Gasteiger partial charge in [0.05, 0.1) is 11.8 Å². The highest BCUT2D eigenvalue weighted by molar-refractivity contribution is 9.10. The maximum Gasteiger partial charge on any atom is 0.0670 e. The van der Waals surface area contributed by atoms with Gasteiger partial charge in [-0.25, -0.2) is 0 Å². The lowest BCUT2D eigenvalue weighted by molar-refractivity contribution is -0.114. The molecule has 2 nitrogen and oxygen atoms in total. The number of ether oxygens (including phenoxy) is 1. The Morgan fingerprint density at radius 1 is 1.38 bits per heavy atom. The number of benzene rings is 1. The molecule has 3 rings (SSSR count). The Morgan fingerprint density at radius 3 is 2.76 bits per heavy atom. The summed E-state index contributed by atoms with van der Waals surface area (Å²) in [6.07, 6.45) is 6.77. The van der Waals surface area contributed by atoms with E-state index in [2.05, 4.69) is 34.2 Å². The van der Waals surface area contributed by atoms with Gasteiger partial charge in [-0.05, 0) is 66.7 Å². The van der Waals surface area contributed by atoms with E-state index >= 15 is 0 Å². The first-order chi connectivity index (χ1) is 10.1. The van der Waals surface area contributed by atoms with Crippen molar-refractivity contribution in [2.75, 3.05) is 11.9 Å². The lowest BCUT2D eigenvalue weighted by Crippen LogP contribution is -2.60. The summed E-state index contributed by atoms with van der Waals surface area (Å²) in [7, 11) is 0. The third-order valence-corrected chi connectivity index (χ3v) is 6.33. The molecule has 0 heterocycles. The molecule has 116 valence electrons. The van der Waals surface area contributed by atoms with E-state index in [0.29, 0.717) is 17.6 Å². The van der Waals surface area contributed by atoms with Gasteiger partial charge in [-0.2, -0.15) is 0 Å². The van der Waals surface area contributed by atoms with Crippen LogP contribution in [0.25, 0.3) is 0 Å². The molecular formula is C17H23BrClNO. The quantitative estimate of drug-likeness (QED) is 0.747. The van der Waals surface area contributed by atoms with Crippen LogP contribution in [0.1, 0.15) is 44.6 Å². The van der Waals surface area contributed by atoms with Crippen LogP contribution in [0.5, 0.6) is 0 Å². The first-order valence-electron chi connectivity index (χ1n) is 7.90. The second kappa shape index (κ2) is 6.10. The molecule has 1 aromatic carbocycles. The highest BCUT2D eigenvalue weighted by atomic mass is 79.9. The molecule has 2 aliphatic carbocycles. The third kappa shape index (κ3) is 2.73. The van der Waals surface area contributed by atoms with Gasteiger partial charge in [-0.3, -0.25) is 0 Å². The summed E-state index contributed by atoms with van der Waals surface area (Å²) in [6, 6.07) is 4.63. The predicted octanol–water partition coefficient (Wildman–Crippen LogP) is 5.56. The van der Waals surface area contributed by atoms with E-state index in [-0.39, 0.29) is 0 Å². The van der Waals surface area contributed by atoms with Gasteiger partial charge < -0.3 is 10.1 Å². The average Bonchev–Trinajstić information content (AvgIpc) is 2.95. The SMILES string of the molecule is CCOC1CC(Nc2cc(Cl)c(C)cc2Br)C12CCCC2. The number of nitrogens with one attached hydrogen (secondary N) is 1. The van der Waals surface area contributed by atoms with Crippen molar-refractivity contribution in [3.63, 3.8) is 0 Å². The van der Waals surface area contributed by atoms with Crippen molar-refractivity contribution in [3.8, 4) is 0 Å². The Balaban J connectivity index is 1.78. The standard InChI is InChI=1S/C17H23BrClNO/c1-3-21-16-10-15(17(16)6-4-5-7-17)20-14-9-13(19)11(2)8-12(14)18/h8-9,15-16,20H,3-7,10H2,1-2H3. The normalized spacial score (nSPS) is 26.9. The molecule has 0 bridgehead atoms. The number of hydrogen-bond acceptors (Lipinski definition) is 2. The molecule has 0 amide bonds. The average molecular weight is 373 g/mol. The van der Waals surface area contributed by atoms with Crippen LogP contribution in [-0.4, -0.2) is 18.8 Å². The monoisotopic (exact) mass is 371 g/mol. The lowest BCUT2D eigenvalue weighted by atomic mass is 9.60. The smallest absolute Gasteiger partial charge is 0.0670 e. The molecule has 4 heteroatoms. The minimum absolute atomic E-state index is 0.340. The number of hydrogen-bond donors (Lipinski definition) is 1. The predicted molar refractivity (Wildman–Crippen MR) is 92.2 cm³/mol. The molecule has 21 heavy (non-hydrogen) atoms. The number of aryl methyl sites for hydroxylation is 1. The van der Waals surface area contributed by atoms with Gasteiger partial charge in [0.25, 0.3) is 0 Å².